The third-order valence-electron chi connectivity index (χ3n) is 2.55. The van der Waals surface area contributed by atoms with Crippen molar-refractivity contribution in [3.05, 3.63) is 35.4 Å². The van der Waals surface area contributed by atoms with Gasteiger partial charge >= 0.3 is 0 Å². The lowest BCUT2D eigenvalue weighted by atomic mass is 10.2. The Balaban J connectivity index is 2.24. The van der Waals surface area contributed by atoms with E-state index in [1.165, 1.54) is 25.3 Å². The van der Waals surface area contributed by atoms with Crippen molar-refractivity contribution in [2.24, 2.45) is 0 Å². The van der Waals surface area contributed by atoms with E-state index < -0.39 is 11.6 Å². The van der Waals surface area contributed by atoms with Crippen molar-refractivity contribution in [1.82, 2.24) is 5.32 Å². The average molecular weight is 227 g/mol. The largest absolute Gasteiger partial charge is 0.313 e. The number of hydrogen-bond acceptors (Lipinski definition) is 1. The van der Waals surface area contributed by atoms with E-state index in [0.29, 0.717) is 12.1 Å². The van der Waals surface area contributed by atoms with Crippen LogP contribution < -0.4 is 5.32 Å². The van der Waals surface area contributed by atoms with Gasteiger partial charge in [0.05, 0.1) is 0 Å². The van der Waals surface area contributed by atoms with Crippen LogP contribution in [0.5, 0.6) is 0 Å². The van der Waals surface area contributed by atoms with Gasteiger partial charge in [-0.05, 0) is 19.0 Å². The number of benzene rings is 1. The van der Waals surface area contributed by atoms with Gasteiger partial charge in [0.25, 0.3) is 0 Å². The molecule has 0 saturated carbocycles. The first-order chi connectivity index (χ1) is 7.75. The molecule has 0 spiro atoms. The van der Waals surface area contributed by atoms with Gasteiger partial charge in [-0.1, -0.05) is 38.3 Å². The molecule has 0 radical (unpaired) electrons. The minimum atomic E-state index is -0.773. The summed E-state index contributed by atoms with van der Waals surface area (Å²) >= 11 is 0. The quantitative estimate of drug-likeness (QED) is 0.701. The molecule has 1 aromatic rings. The van der Waals surface area contributed by atoms with Gasteiger partial charge in [-0.25, -0.2) is 8.78 Å². The summed E-state index contributed by atoms with van der Waals surface area (Å²) in [6.45, 7) is 3.42. The van der Waals surface area contributed by atoms with Crippen LogP contribution in [-0.2, 0) is 6.54 Å². The van der Waals surface area contributed by atoms with E-state index in [1.54, 1.807) is 6.07 Å². The normalized spacial score (nSPS) is 10.7. The molecular weight excluding hydrogens is 208 g/mol. The predicted molar refractivity (Wildman–Crippen MR) is 62.2 cm³/mol. The van der Waals surface area contributed by atoms with Crippen LogP contribution in [0.4, 0.5) is 8.78 Å². The molecular formula is C13H19F2N. The van der Waals surface area contributed by atoms with Gasteiger partial charge in [-0.2, -0.15) is 0 Å². The number of halogens is 2. The Labute approximate surface area is 95.9 Å². The van der Waals surface area contributed by atoms with Crippen LogP contribution in [0, 0.1) is 11.6 Å². The van der Waals surface area contributed by atoms with Crippen molar-refractivity contribution >= 4 is 0 Å². The van der Waals surface area contributed by atoms with E-state index in [9.17, 15) is 8.78 Å². The average Bonchev–Trinajstić information content (AvgIpc) is 2.29. The van der Waals surface area contributed by atoms with E-state index >= 15 is 0 Å². The molecule has 0 aliphatic heterocycles. The van der Waals surface area contributed by atoms with E-state index in [1.807, 2.05) is 0 Å². The molecule has 90 valence electrons. The summed E-state index contributed by atoms with van der Waals surface area (Å²) in [7, 11) is 0. The Hall–Kier alpha value is -0.960. The second-order valence-corrected chi connectivity index (χ2v) is 3.95. The molecule has 1 N–H and O–H groups in total. The highest BCUT2D eigenvalue weighted by Gasteiger charge is 2.06. The van der Waals surface area contributed by atoms with Crippen molar-refractivity contribution in [2.75, 3.05) is 6.54 Å². The highest BCUT2D eigenvalue weighted by Crippen LogP contribution is 2.10. The lowest BCUT2D eigenvalue weighted by Crippen LogP contribution is -2.15. The minimum absolute atomic E-state index is 0.399. The molecule has 16 heavy (non-hydrogen) atoms. The Bertz CT molecular complexity index is 313. The summed E-state index contributed by atoms with van der Waals surface area (Å²) in [5, 5.41) is 3.12. The third-order valence-corrected chi connectivity index (χ3v) is 2.55. The van der Waals surface area contributed by atoms with Gasteiger partial charge in [-0.3, -0.25) is 0 Å². The van der Waals surface area contributed by atoms with E-state index in [2.05, 4.69) is 12.2 Å². The van der Waals surface area contributed by atoms with Crippen LogP contribution in [0.3, 0.4) is 0 Å². The lowest BCUT2D eigenvalue weighted by molar-refractivity contribution is 0.491. The van der Waals surface area contributed by atoms with Crippen molar-refractivity contribution in [2.45, 2.75) is 39.2 Å². The predicted octanol–water partition coefficient (Wildman–Crippen LogP) is 3.63. The maximum Gasteiger partial charge on any atom is 0.163 e. The fourth-order valence-corrected chi connectivity index (χ4v) is 1.58. The summed E-state index contributed by atoms with van der Waals surface area (Å²) < 4.78 is 26.1. The zero-order valence-electron chi connectivity index (χ0n) is 9.73. The summed E-state index contributed by atoms with van der Waals surface area (Å²) in [4.78, 5) is 0. The van der Waals surface area contributed by atoms with E-state index in [0.717, 1.165) is 19.0 Å². The van der Waals surface area contributed by atoms with E-state index in [-0.39, 0.29) is 0 Å². The molecule has 1 nitrogen and oxygen atoms in total. The van der Waals surface area contributed by atoms with Gasteiger partial charge in [0.2, 0.25) is 0 Å². The molecule has 0 aliphatic carbocycles. The third kappa shape index (κ3) is 4.27. The molecule has 3 heteroatoms. The minimum Gasteiger partial charge on any atom is -0.313 e. The molecule has 0 saturated heterocycles. The maximum absolute atomic E-state index is 13.2. The van der Waals surface area contributed by atoms with Crippen LogP contribution >= 0.6 is 0 Å². The van der Waals surface area contributed by atoms with Crippen molar-refractivity contribution in [3.63, 3.8) is 0 Å². The topological polar surface area (TPSA) is 12.0 Å². The standard InChI is InChI=1S/C13H19F2N/c1-2-3-4-5-9-16-10-11-7-6-8-12(14)13(11)15/h6-8,16H,2-5,9-10H2,1H3. The Morgan fingerprint density at radius 2 is 1.94 bits per heavy atom. The Morgan fingerprint density at radius 3 is 2.69 bits per heavy atom. The first kappa shape index (κ1) is 13.1. The molecule has 0 aliphatic rings. The molecule has 0 bridgehead atoms. The highest BCUT2D eigenvalue weighted by molar-refractivity contribution is 5.18. The lowest BCUT2D eigenvalue weighted by Gasteiger charge is -2.06. The summed E-state index contributed by atoms with van der Waals surface area (Å²) in [5.41, 5.74) is 0.399. The number of unbranched alkanes of at least 4 members (excludes halogenated alkanes) is 3. The van der Waals surface area contributed by atoms with Crippen molar-refractivity contribution in [1.29, 1.82) is 0 Å². The van der Waals surface area contributed by atoms with Gasteiger partial charge in [-0.15, -0.1) is 0 Å². The zero-order chi connectivity index (χ0) is 11.8. The number of hydrogen-bond donors (Lipinski definition) is 1. The van der Waals surface area contributed by atoms with Gasteiger partial charge in [0.15, 0.2) is 11.6 Å². The van der Waals surface area contributed by atoms with Crippen LogP contribution in [0.15, 0.2) is 18.2 Å². The summed E-state index contributed by atoms with van der Waals surface area (Å²) in [6.07, 6.45) is 4.72. The smallest absolute Gasteiger partial charge is 0.163 e. The van der Waals surface area contributed by atoms with Crippen molar-refractivity contribution in [3.8, 4) is 0 Å². The molecule has 0 aromatic heterocycles. The second kappa shape index (κ2) is 7.34. The molecule has 1 rings (SSSR count). The van der Waals surface area contributed by atoms with Crippen LogP contribution in [0.2, 0.25) is 0 Å². The fraction of sp³-hybridized carbons (Fsp3) is 0.538. The molecule has 0 heterocycles. The van der Waals surface area contributed by atoms with Crippen LogP contribution in [-0.4, -0.2) is 6.54 Å². The molecule has 0 atom stereocenters. The Kier molecular flexibility index (Phi) is 6.01. The Morgan fingerprint density at radius 1 is 1.12 bits per heavy atom. The maximum atomic E-state index is 13.2. The van der Waals surface area contributed by atoms with E-state index in [4.69, 9.17) is 0 Å². The fourth-order valence-electron chi connectivity index (χ4n) is 1.58. The van der Waals surface area contributed by atoms with Crippen LogP contribution in [0.25, 0.3) is 0 Å². The number of rotatable bonds is 7. The highest BCUT2D eigenvalue weighted by atomic mass is 19.2. The summed E-state index contributed by atoms with van der Waals surface area (Å²) in [6, 6.07) is 4.28. The first-order valence-electron chi connectivity index (χ1n) is 5.89. The first-order valence-corrected chi connectivity index (χ1v) is 5.89. The van der Waals surface area contributed by atoms with Gasteiger partial charge in [0.1, 0.15) is 0 Å². The molecule has 0 unspecified atom stereocenters. The monoisotopic (exact) mass is 227 g/mol. The molecule has 1 aromatic carbocycles. The second-order valence-electron chi connectivity index (χ2n) is 3.95. The molecule has 0 amide bonds. The van der Waals surface area contributed by atoms with Crippen LogP contribution in [0.1, 0.15) is 38.2 Å². The zero-order valence-corrected chi connectivity index (χ0v) is 9.73. The SMILES string of the molecule is CCCCCCNCc1cccc(F)c1F. The molecule has 0 fully saturated rings. The number of nitrogens with one attached hydrogen (secondary N) is 1. The van der Waals surface area contributed by atoms with Gasteiger partial charge in [0, 0.05) is 12.1 Å². The summed E-state index contributed by atoms with van der Waals surface area (Å²) in [5.74, 6) is -1.51. The van der Waals surface area contributed by atoms with Crippen molar-refractivity contribution < 1.29 is 8.78 Å². The van der Waals surface area contributed by atoms with Gasteiger partial charge < -0.3 is 5.32 Å².